The lowest BCUT2D eigenvalue weighted by Crippen LogP contribution is -2.27. The first-order valence-electron chi connectivity index (χ1n) is 5.74. The monoisotopic (exact) mass is 356 g/mol. The lowest BCUT2D eigenvalue weighted by molar-refractivity contribution is -0.118. The maximum atomic E-state index is 13.2. The van der Waals surface area contributed by atoms with Gasteiger partial charge in [0.05, 0.1) is 5.02 Å². The van der Waals surface area contributed by atoms with E-state index in [2.05, 4.69) is 21.2 Å². The van der Waals surface area contributed by atoms with Crippen molar-refractivity contribution in [2.75, 3.05) is 5.32 Å². The zero-order valence-electron chi connectivity index (χ0n) is 10.2. The zero-order valence-corrected chi connectivity index (χ0v) is 12.6. The predicted molar refractivity (Wildman–Crippen MR) is 81.1 cm³/mol. The minimum Gasteiger partial charge on any atom is -0.370 e. The fourth-order valence-corrected chi connectivity index (χ4v) is 2.19. The van der Waals surface area contributed by atoms with Gasteiger partial charge in [-0.05, 0) is 51.8 Å². The number of benzene rings is 2. The summed E-state index contributed by atoms with van der Waals surface area (Å²) in [5.74, 6) is -0.972. The fourth-order valence-electron chi connectivity index (χ4n) is 1.76. The van der Waals surface area contributed by atoms with Crippen LogP contribution in [0.15, 0.2) is 46.9 Å². The summed E-state index contributed by atoms with van der Waals surface area (Å²) in [5.41, 5.74) is 6.46. The van der Waals surface area contributed by atoms with Crippen molar-refractivity contribution in [3.05, 3.63) is 63.3 Å². The van der Waals surface area contributed by atoms with Crippen molar-refractivity contribution in [1.29, 1.82) is 0 Å². The highest BCUT2D eigenvalue weighted by molar-refractivity contribution is 9.10. The van der Waals surface area contributed by atoms with Gasteiger partial charge in [0.25, 0.3) is 0 Å². The maximum Gasteiger partial charge on any atom is 0.244 e. The molecule has 6 heteroatoms. The SMILES string of the molecule is NC(=O)C(Nc1cccc(F)c1)c1ccc(Br)c(Cl)c1. The highest BCUT2D eigenvalue weighted by Gasteiger charge is 2.18. The van der Waals surface area contributed by atoms with Crippen LogP contribution in [0.4, 0.5) is 10.1 Å². The third-order valence-corrected chi connectivity index (χ3v) is 3.93. The predicted octanol–water partition coefficient (Wildman–Crippen LogP) is 3.88. The Morgan fingerprint density at radius 2 is 2.05 bits per heavy atom. The molecule has 0 heterocycles. The number of anilines is 1. The highest BCUT2D eigenvalue weighted by atomic mass is 79.9. The van der Waals surface area contributed by atoms with Crippen molar-refractivity contribution in [3.63, 3.8) is 0 Å². The summed E-state index contributed by atoms with van der Waals surface area (Å²) in [6, 6.07) is 10.1. The van der Waals surface area contributed by atoms with Gasteiger partial charge in [0.2, 0.25) is 5.91 Å². The number of rotatable bonds is 4. The van der Waals surface area contributed by atoms with E-state index in [1.54, 1.807) is 30.3 Å². The number of nitrogens with one attached hydrogen (secondary N) is 1. The lowest BCUT2D eigenvalue weighted by atomic mass is 10.1. The molecule has 1 unspecified atom stereocenters. The van der Waals surface area contributed by atoms with Crippen LogP contribution in [0, 0.1) is 5.82 Å². The Morgan fingerprint density at radius 1 is 1.30 bits per heavy atom. The van der Waals surface area contributed by atoms with E-state index in [1.165, 1.54) is 12.1 Å². The number of amides is 1. The zero-order chi connectivity index (χ0) is 14.7. The van der Waals surface area contributed by atoms with Crippen LogP contribution in [0.1, 0.15) is 11.6 Å². The number of hydrogen-bond donors (Lipinski definition) is 2. The molecule has 3 N–H and O–H groups in total. The van der Waals surface area contributed by atoms with Crippen LogP contribution in [-0.2, 0) is 4.79 Å². The number of nitrogens with two attached hydrogens (primary N) is 1. The van der Waals surface area contributed by atoms with Crippen LogP contribution in [0.5, 0.6) is 0 Å². The van der Waals surface area contributed by atoms with Gasteiger partial charge in [0.1, 0.15) is 11.9 Å². The van der Waals surface area contributed by atoms with Crippen LogP contribution in [0.25, 0.3) is 0 Å². The summed E-state index contributed by atoms with van der Waals surface area (Å²) < 4.78 is 13.9. The van der Waals surface area contributed by atoms with Gasteiger partial charge < -0.3 is 11.1 Å². The molecular formula is C14H11BrClFN2O. The first-order chi connectivity index (χ1) is 9.47. The second-order valence-electron chi connectivity index (χ2n) is 4.16. The molecule has 0 spiro atoms. The topological polar surface area (TPSA) is 55.1 Å². The standard InChI is InChI=1S/C14H11BrClFN2O/c15-11-5-4-8(6-12(11)16)13(14(18)20)19-10-3-1-2-9(17)7-10/h1-7,13,19H,(H2,18,20). The summed E-state index contributed by atoms with van der Waals surface area (Å²) in [5, 5.41) is 3.36. The average molecular weight is 358 g/mol. The normalized spacial score (nSPS) is 11.9. The van der Waals surface area contributed by atoms with E-state index in [1.807, 2.05) is 0 Å². The summed E-state index contributed by atoms with van der Waals surface area (Å²) in [6.07, 6.45) is 0. The van der Waals surface area contributed by atoms with Crippen molar-refractivity contribution in [2.24, 2.45) is 5.73 Å². The van der Waals surface area contributed by atoms with Gasteiger partial charge >= 0.3 is 0 Å². The molecule has 20 heavy (non-hydrogen) atoms. The Bertz CT molecular complexity index is 651. The molecule has 0 radical (unpaired) electrons. The Balaban J connectivity index is 2.32. The van der Waals surface area contributed by atoms with Gasteiger partial charge in [-0.25, -0.2) is 4.39 Å². The Morgan fingerprint density at radius 3 is 2.65 bits per heavy atom. The Labute approximate surface area is 129 Å². The van der Waals surface area contributed by atoms with Crippen molar-refractivity contribution < 1.29 is 9.18 Å². The lowest BCUT2D eigenvalue weighted by Gasteiger charge is -2.17. The second-order valence-corrected chi connectivity index (χ2v) is 5.43. The van der Waals surface area contributed by atoms with E-state index >= 15 is 0 Å². The number of carbonyl (C=O) groups excluding carboxylic acids is 1. The molecular weight excluding hydrogens is 347 g/mol. The first kappa shape index (κ1) is 14.8. The van der Waals surface area contributed by atoms with Crippen molar-refractivity contribution in [1.82, 2.24) is 0 Å². The molecule has 1 amide bonds. The van der Waals surface area contributed by atoms with E-state index in [0.29, 0.717) is 16.3 Å². The van der Waals surface area contributed by atoms with Gasteiger partial charge in [-0.3, -0.25) is 4.79 Å². The molecule has 0 aromatic heterocycles. The molecule has 1 atom stereocenters. The van der Waals surface area contributed by atoms with E-state index in [9.17, 15) is 9.18 Å². The largest absolute Gasteiger partial charge is 0.370 e. The van der Waals surface area contributed by atoms with Crippen molar-refractivity contribution in [3.8, 4) is 0 Å². The van der Waals surface area contributed by atoms with Gasteiger partial charge in [-0.1, -0.05) is 23.7 Å². The van der Waals surface area contributed by atoms with Crippen LogP contribution in [0.2, 0.25) is 5.02 Å². The molecule has 0 saturated carbocycles. The molecule has 0 saturated heterocycles. The van der Waals surface area contributed by atoms with E-state index in [0.717, 1.165) is 4.47 Å². The first-order valence-corrected chi connectivity index (χ1v) is 6.91. The van der Waals surface area contributed by atoms with Gasteiger partial charge in [-0.15, -0.1) is 0 Å². The van der Waals surface area contributed by atoms with Gasteiger partial charge in [-0.2, -0.15) is 0 Å². The molecule has 2 rings (SSSR count). The molecule has 104 valence electrons. The minimum absolute atomic E-state index is 0.396. The number of hydrogen-bond acceptors (Lipinski definition) is 2. The highest BCUT2D eigenvalue weighted by Crippen LogP contribution is 2.27. The molecule has 0 aliphatic rings. The summed E-state index contributed by atoms with van der Waals surface area (Å²) in [6.45, 7) is 0. The van der Waals surface area contributed by atoms with Crippen LogP contribution in [-0.4, -0.2) is 5.91 Å². The Kier molecular flexibility index (Phi) is 4.62. The number of carbonyl (C=O) groups is 1. The van der Waals surface area contributed by atoms with E-state index in [4.69, 9.17) is 17.3 Å². The third-order valence-electron chi connectivity index (χ3n) is 2.70. The van der Waals surface area contributed by atoms with Crippen molar-refractivity contribution in [2.45, 2.75) is 6.04 Å². The molecule has 0 fully saturated rings. The van der Waals surface area contributed by atoms with Crippen LogP contribution < -0.4 is 11.1 Å². The summed E-state index contributed by atoms with van der Waals surface area (Å²) >= 11 is 9.28. The summed E-state index contributed by atoms with van der Waals surface area (Å²) in [4.78, 5) is 11.6. The quantitative estimate of drug-likeness (QED) is 0.872. The second kappa shape index (κ2) is 6.24. The molecule has 0 bridgehead atoms. The van der Waals surface area contributed by atoms with E-state index < -0.39 is 17.8 Å². The Hall–Kier alpha value is -1.59. The minimum atomic E-state index is -0.789. The number of primary amides is 1. The van der Waals surface area contributed by atoms with Gasteiger partial charge in [0, 0.05) is 10.2 Å². The van der Waals surface area contributed by atoms with Gasteiger partial charge in [0.15, 0.2) is 0 Å². The molecule has 2 aromatic carbocycles. The maximum absolute atomic E-state index is 13.2. The molecule has 3 nitrogen and oxygen atoms in total. The third kappa shape index (κ3) is 3.49. The van der Waals surface area contributed by atoms with Crippen LogP contribution >= 0.6 is 27.5 Å². The van der Waals surface area contributed by atoms with E-state index in [-0.39, 0.29) is 0 Å². The van der Waals surface area contributed by atoms with Crippen LogP contribution in [0.3, 0.4) is 0 Å². The summed E-state index contributed by atoms with van der Waals surface area (Å²) in [7, 11) is 0. The fraction of sp³-hybridized carbons (Fsp3) is 0.0714. The molecule has 0 aliphatic carbocycles. The van der Waals surface area contributed by atoms with Crippen molar-refractivity contribution >= 4 is 39.1 Å². The molecule has 0 aliphatic heterocycles. The number of halogens is 3. The molecule has 2 aromatic rings. The smallest absolute Gasteiger partial charge is 0.244 e. The average Bonchev–Trinajstić information content (AvgIpc) is 2.39.